The largest absolute Gasteiger partial charge is 0.389 e. The van der Waals surface area contributed by atoms with Crippen molar-refractivity contribution in [3.05, 3.63) is 28.7 Å². The lowest BCUT2D eigenvalue weighted by molar-refractivity contribution is 0.0533. The lowest BCUT2D eigenvalue weighted by Gasteiger charge is -2.20. The third-order valence-electron chi connectivity index (χ3n) is 3.28. The van der Waals surface area contributed by atoms with Crippen molar-refractivity contribution in [1.29, 1.82) is 0 Å². The quantitative estimate of drug-likeness (QED) is 0.831. The molecule has 0 unspecified atom stereocenters. The average Bonchev–Trinajstić information content (AvgIpc) is 2.63. The van der Waals surface area contributed by atoms with E-state index in [9.17, 15) is 9.90 Å². The number of hydrogen-bond acceptors (Lipinski definition) is 5. The number of carbonyl (C=O) groups is 1. The van der Waals surface area contributed by atoms with Gasteiger partial charge in [0, 0.05) is 25.5 Å². The Morgan fingerprint density at radius 3 is 3.19 bits per heavy atom. The normalized spacial score (nSPS) is 19.8. The highest BCUT2D eigenvalue weighted by Gasteiger charge is 2.27. The van der Waals surface area contributed by atoms with Crippen LogP contribution in [0.5, 0.6) is 0 Å². The molecule has 1 aliphatic rings. The second kappa shape index (κ2) is 5.59. The van der Waals surface area contributed by atoms with Gasteiger partial charge in [-0.15, -0.1) is 0 Å². The van der Waals surface area contributed by atoms with E-state index in [1.807, 2.05) is 6.92 Å². The van der Waals surface area contributed by atoms with Crippen LogP contribution in [-0.2, 0) is 4.74 Å². The number of fused-ring (bicyclic) bond motifs is 1. The van der Waals surface area contributed by atoms with Crippen molar-refractivity contribution >= 4 is 23.2 Å². The predicted molar refractivity (Wildman–Crippen MR) is 75.5 cm³/mol. The number of amides is 1. The van der Waals surface area contributed by atoms with Gasteiger partial charge in [0.2, 0.25) is 0 Å². The predicted octanol–water partition coefficient (Wildman–Crippen LogP) is 0.524. The van der Waals surface area contributed by atoms with Gasteiger partial charge in [0.05, 0.1) is 19.3 Å². The highest BCUT2D eigenvalue weighted by Crippen LogP contribution is 2.22. The monoisotopic (exact) mass is 310 g/mol. The van der Waals surface area contributed by atoms with Gasteiger partial charge in [0.1, 0.15) is 5.02 Å². The Bertz CT molecular complexity index is 687. The summed E-state index contributed by atoms with van der Waals surface area (Å²) in [5.74, 6) is -0.326. The Kier molecular flexibility index (Phi) is 3.79. The smallest absolute Gasteiger partial charge is 0.276 e. The van der Waals surface area contributed by atoms with Crippen LogP contribution in [0.25, 0.3) is 5.65 Å². The maximum absolute atomic E-state index is 12.5. The van der Waals surface area contributed by atoms with Crippen LogP contribution in [0.3, 0.4) is 0 Å². The van der Waals surface area contributed by atoms with E-state index in [0.29, 0.717) is 18.8 Å². The molecule has 112 valence electrons. The summed E-state index contributed by atoms with van der Waals surface area (Å²) in [5.41, 5.74) is 1.50. The molecule has 1 N–H and O–H groups in total. The third-order valence-corrected chi connectivity index (χ3v) is 3.63. The number of rotatable bonds is 1. The molecular weight excluding hydrogens is 296 g/mol. The average molecular weight is 311 g/mol. The Morgan fingerprint density at radius 1 is 1.57 bits per heavy atom. The molecule has 0 radical (unpaired) electrons. The molecule has 1 aliphatic heterocycles. The van der Waals surface area contributed by atoms with Gasteiger partial charge in [-0.2, -0.15) is 5.10 Å². The van der Waals surface area contributed by atoms with Crippen LogP contribution < -0.4 is 0 Å². The Hall–Kier alpha value is -1.70. The van der Waals surface area contributed by atoms with E-state index in [2.05, 4.69) is 10.1 Å². The summed E-state index contributed by atoms with van der Waals surface area (Å²) in [4.78, 5) is 18.2. The SMILES string of the molecule is Cc1cnc2c(Cl)c(C(=O)N3CCOC[C@H](O)C3)nn2c1. The van der Waals surface area contributed by atoms with Crippen molar-refractivity contribution in [3.63, 3.8) is 0 Å². The summed E-state index contributed by atoms with van der Waals surface area (Å²) >= 11 is 6.21. The number of hydrogen-bond donors (Lipinski definition) is 1. The highest BCUT2D eigenvalue weighted by molar-refractivity contribution is 6.36. The van der Waals surface area contributed by atoms with Crippen LogP contribution in [0.15, 0.2) is 12.4 Å². The molecule has 3 rings (SSSR count). The zero-order valence-corrected chi connectivity index (χ0v) is 12.2. The van der Waals surface area contributed by atoms with Gasteiger partial charge in [-0.1, -0.05) is 11.6 Å². The summed E-state index contributed by atoms with van der Waals surface area (Å²) in [7, 11) is 0. The molecule has 2 aromatic rings. The van der Waals surface area contributed by atoms with Crippen LogP contribution in [-0.4, -0.2) is 62.9 Å². The first-order valence-corrected chi connectivity index (χ1v) is 6.99. The number of carbonyl (C=O) groups excluding carboxylic acids is 1. The number of β-amino-alcohol motifs (C(OH)–C–C–N with tert-alkyl or cyclic N) is 1. The van der Waals surface area contributed by atoms with Crippen molar-refractivity contribution in [2.24, 2.45) is 0 Å². The number of aliphatic hydroxyl groups excluding tert-OH is 1. The fraction of sp³-hybridized carbons (Fsp3) is 0.462. The molecule has 0 spiro atoms. The molecule has 8 heteroatoms. The lowest BCUT2D eigenvalue weighted by Crippen LogP contribution is -2.38. The minimum absolute atomic E-state index is 0.142. The molecular formula is C13H15ClN4O3. The molecule has 7 nitrogen and oxygen atoms in total. The molecule has 1 atom stereocenters. The van der Waals surface area contributed by atoms with E-state index in [1.165, 1.54) is 9.42 Å². The minimum atomic E-state index is -0.701. The first-order chi connectivity index (χ1) is 10.1. The number of aromatic nitrogens is 3. The van der Waals surface area contributed by atoms with Gasteiger partial charge < -0.3 is 14.7 Å². The number of nitrogens with zero attached hydrogens (tertiary/aromatic N) is 4. The van der Waals surface area contributed by atoms with E-state index in [0.717, 1.165) is 5.56 Å². The van der Waals surface area contributed by atoms with E-state index < -0.39 is 6.10 Å². The summed E-state index contributed by atoms with van der Waals surface area (Å²) in [6.07, 6.45) is 2.72. The first kappa shape index (κ1) is 14.2. The van der Waals surface area contributed by atoms with Gasteiger partial charge in [0.15, 0.2) is 11.3 Å². The lowest BCUT2D eigenvalue weighted by atomic mass is 10.3. The Morgan fingerprint density at radius 2 is 2.38 bits per heavy atom. The molecule has 1 amide bonds. The van der Waals surface area contributed by atoms with Crippen molar-refractivity contribution < 1.29 is 14.6 Å². The summed E-state index contributed by atoms with van der Waals surface area (Å²) in [6, 6.07) is 0. The van der Waals surface area contributed by atoms with Crippen molar-refractivity contribution in [3.8, 4) is 0 Å². The minimum Gasteiger partial charge on any atom is -0.389 e. The first-order valence-electron chi connectivity index (χ1n) is 6.62. The zero-order valence-electron chi connectivity index (χ0n) is 11.5. The number of halogens is 1. The topological polar surface area (TPSA) is 80.0 Å². The van der Waals surface area contributed by atoms with Gasteiger partial charge >= 0.3 is 0 Å². The summed E-state index contributed by atoms with van der Waals surface area (Å²) in [6.45, 7) is 3.09. The van der Waals surface area contributed by atoms with E-state index in [-0.39, 0.29) is 29.8 Å². The van der Waals surface area contributed by atoms with Gasteiger partial charge in [-0.05, 0) is 12.5 Å². The van der Waals surface area contributed by atoms with Crippen LogP contribution >= 0.6 is 11.6 Å². The Balaban J connectivity index is 1.95. The fourth-order valence-corrected chi connectivity index (χ4v) is 2.52. The molecule has 0 aromatic carbocycles. The Labute approximate surface area is 126 Å². The van der Waals surface area contributed by atoms with E-state index in [1.54, 1.807) is 12.4 Å². The molecule has 3 heterocycles. The molecule has 0 aliphatic carbocycles. The summed E-state index contributed by atoms with van der Waals surface area (Å²) in [5, 5.41) is 14.1. The van der Waals surface area contributed by atoms with Crippen molar-refractivity contribution in [2.45, 2.75) is 13.0 Å². The maximum Gasteiger partial charge on any atom is 0.276 e. The number of aliphatic hydroxyl groups is 1. The molecule has 2 aromatic heterocycles. The number of ether oxygens (including phenoxy) is 1. The van der Waals surface area contributed by atoms with Crippen molar-refractivity contribution in [1.82, 2.24) is 19.5 Å². The standard InChI is InChI=1S/C13H15ClN4O3/c1-8-4-15-12-10(14)11(16-18(12)5-8)13(20)17-2-3-21-7-9(19)6-17/h4-5,9,19H,2-3,6-7H2,1H3/t9-/m1/s1. The zero-order chi connectivity index (χ0) is 15.0. The second-order valence-electron chi connectivity index (χ2n) is 5.04. The summed E-state index contributed by atoms with van der Waals surface area (Å²) < 4.78 is 6.71. The van der Waals surface area contributed by atoms with E-state index >= 15 is 0 Å². The molecule has 0 saturated carbocycles. The molecule has 1 saturated heterocycles. The second-order valence-corrected chi connectivity index (χ2v) is 5.42. The third kappa shape index (κ3) is 2.72. The molecule has 21 heavy (non-hydrogen) atoms. The molecule has 0 bridgehead atoms. The van der Waals surface area contributed by atoms with Gasteiger partial charge in [-0.3, -0.25) is 4.79 Å². The van der Waals surface area contributed by atoms with E-state index in [4.69, 9.17) is 16.3 Å². The maximum atomic E-state index is 12.5. The van der Waals surface area contributed by atoms with Crippen LogP contribution in [0.4, 0.5) is 0 Å². The number of aryl methyl sites for hydroxylation is 1. The molecule has 1 fully saturated rings. The van der Waals surface area contributed by atoms with Gasteiger partial charge in [-0.25, -0.2) is 9.50 Å². The fourth-order valence-electron chi connectivity index (χ4n) is 2.26. The highest BCUT2D eigenvalue weighted by atomic mass is 35.5. The van der Waals surface area contributed by atoms with Crippen molar-refractivity contribution in [2.75, 3.05) is 26.3 Å². The van der Waals surface area contributed by atoms with Crippen LogP contribution in [0, 0.1) is 6.92 Å². The van der Waals surface area contributed by atoms with Gasteiger partial charge in [0.25, 0.3) is 5.91 Å². The van der Waals surface area contributed by atoms with Crippen LogP contribution in [0.2, 0.25) is 5.02 Å². The van der Waals surface area contributed by atoms with Crippen LogP contribution in [0.1, 0.15) is 16.1 Å².